The van der Waals surface area contributed by atoms with E-state index in [1.165, 1.54) is 18.4 Å². The lowest BCUT2D eigenvalue weighted by atomic mass is 9.91. The molecular weight excluding hydrogens is 276 g/mol. The minimum atomic E-state index is -3.49. The van der Waals surface area contributed by atoms with Crippen molar-refractivity contribution in [3.8, 4) is 0 Å². The van der Waals surface area contributed by atoms with Crippen molar-refractivity contribution in [2.45, 2.75) is 24.2 Å². The molecule has 1 aromatic rings. The predicted octanol–water partition coefficient (Wildman–Crippen LogP) is 0.499. The molecule has 1 aliphatic rings. The third-order valence-corrected chi connectivity index (χ3v) is 5.10. The van der Waals surface area contributed by atoms with Crippen LogP contribution in [0.2, 0.25) is 0 Å². The summed E-state index contributed by atoms with van der Waals surface area (Å²) in [6.07, 6.45) is 3.36. The highest BCUT2D eigenvalue weighted by Gasteiger charge is 2.15. The molecule has 0 atom stereocenters. The molecule has 3 N–H and O–H groups in total. The van der Waals surface area contributed by atoms with Crippen molar-refractivity contribution in [2.24, 2.45) is 5.92 Å². The van der Waals surface area contributed by atoms with Crippen LogP contribution >= 0.6 is 0 Å². The van der Waals surface area contributed by atoms with E-state index in [-0.39, 0.29) is 18.0 Å². The minimum Gasteiger partial charge on any atom is -0.395 e. The van der Waals surface area contributed by atoms with Crippen molar-refractivity contribution in [1.82, 2.24) is 10.0 Å². The first kappa shape index (κ1) is 15.4. The monoisotopic (exact) mass is 298 g/mol. The average Bonchev–Trinajstić information content (AvgIpc) is 2.47. The second kappa shape index (κ2) is 7.17. The van der Waals surface area contributed by atoms with E-state index in [0.717, 1.165) is 19.5 Å². The number of aliphatic hydroxyl groups excluding tert-OH is 1. The van der Waals surface area contributed by atoms with Crippen molar-refractivity contribution in [3.05, 3.63) is 29.8 Å². The summed E-state index contributed by atoms with van der Waals surface area (Å²) in [4.78, 5) is 0.250. The van der Waals surface area contributed by atoms with Crippen molar-refractivity contribution < 1.29 is 13.5 Å². The Morgan fingerprint density at radius 1 is 1.20 bits per heavy atom. The standard InChI is InChI=1S/C14H22N2O3S/c17-10-9-16-20(18,19)14-3-1-12(2-4-14)11-13-5-7-15-8-6-13/h1-4,13,15-17H,5-11H2. The molecule has 0 aromatic heterocycles. The van der Waals surface area contributed by atoms with Gasteiger partial charge in [-0.25, -0.2) is 13.1 Å². The van der Waals surface area contributed by atoms with Gasteiger partial charge in [-0.15, -0.1) is 0 Å². The Labute approximate surface area is 120 Å². The number of rotatable bonds is 6. The van der Waals surface area contributed by atoms with E-state index in [4.69, 9.17) is 5.11 Å². The van der Waals surface area contributed by atoms with Crippen LogP contribution in [0.3, 0.4) is 0 Å². The lowest BCUT2D eigenvalue weighted by molar-refractivity contribution is 0.301. The van der Waals surface area contributed by atoms with Crippen LogP contribution in [0.5, 0.6) is 0 Å². The first-order chi connectivity index (χ1) is 9.62. The molecule has 0 aliphatic carbocycles. The van der Waals surface area contributed by atoms with Gasteiger partial charge in [0.1, 0.15) is 0 Å². The molecular formula is C14H22N2O3S. The second-order valence-electron chi connectivity index (χ2n) is 5.16. The Balaban J connectivity index is 1.98. The fourth-order valence-corrected chi connectivity index (χ4v) is 3.51. The molecule has 0 radical (unpaired) electrons. The smallest absolute Gasteiger partial charge is 0.240 e. The van der Waals surface area contributed by atoms with Gasteiger partial charge in [-0.2, -0.15) is 0 Å². The summed E-state index contributed by atoms with van der Waals surface area (Å²) in [5, 5.41) is 12.0. The minimum absolute atomic E-state index is 0.0408. The van der Waals surface area contributed by atoms with Crippen LogP contribution in [-0.2, 0) is 16.4 Å². The van der Waals surface area contributed by atoms with Crippen LogP contribution in [0, 0.1) is 5.92 Å². The van der Waals surface area contributed by atoms with E-state index in [1.54, 1.807) is 12.1 Å². The first-order valence-electron chi connectivity index (χ1n) is 7.02. The second-order valence-corrected chi connectivity index (χ2v) is 6.93. The number of sulfonamides is 1. The third-order valence-electron chi connectivity index (χ3n) is 3.62. The Hall–Kier alpha value is -0.950. The van der Waals surface area contributed by atoms with Gasteiger partial charge in [-0.1, -0.05) is 12.1 Å². The summed E-state index contributed by atoms with van der Waals surface area (Å²) in [5.41, 5.74) is 1.18. The number of nitrogens with one attached hydrogen (secondary N) is 2. The lowest BCUT2D eigenvalue weighted by Crippen LogP contribution is -2.28. The van der Waals surface area contributed by atoms with E-state index in [1.807, 2.05) is 12.1 Å². The molecule has 0 amide bonds. The van der Waals surface area contributed by atoms with Crippen LogP contribution in [0.4, 0.5) is 0 Å². The van der Waals surface area contributed by atoms with E-state index in [0.29, 0.717) is 5.92 Å². The molecule has 0 unspecified atom stereocenters. The normalized spacial score (nSPS) is 17.2. The van der Waals surface area contributed by atoms with Crippen LogP contribution in [0.1, 0.15) is 18.4 Å². The fourth-order valence-electron chi connectivity index (χ4n) is 2.49. The molecule has 6 heteroatoms. The topological polar surface area (TPSA) is 78.4 Å². The van der Waals surface area contributed by atoms with Crippen LogP contribution in [0.25, 0.3) is 0 Å². The van der Waals surface area contributed by atoms with E-state index < -0.39 is 10.0 Å². The van der Waals surface area contributed by atoms with Crippen LogP contribution in [-0.4, -0.2) is 39.8 Å². The zero-order chi connectivity index (χ0) is 14.4. The van der Waals surface area contributed by atoms with Crippen molar-refractivity contribution >= 4 is 10.0 Å². The van der Waals surface area contributed by atoms with E-state index >= 15 is 0 Å². The number of benzene rings is 1. The Kier molecular flexibility index (Phi) is 5.54. The molecule has 1 fully saturated rings. The van der Waals surface area contributed by atoms with Crippen LogP contribution < -0.4 is 10.0 Å². The SMILES string of the molecule is O=S(=O)(NCCO)c1ccc(CC2CCNCC2)cc1. The summed E-state index contributed by atoms with van der Waals surface area (Å²) in [6.45, 7) is 1.98. The highest BCUT2D eigenvalue weighted by atomic mass is 32.2. The zero-order valence-electron chi connectivity index (χ0n) is 11.5. The zero-order valence-corrected chi connectivity index (χ0v) is 12.3. The maximum absolute atomic E-state index is 11.9. The molecule has 1 saturated heterocycles. The molecule has 5 nitrogen and oxygen atoms in total. The highest BCUT2D eigenvalue weighted by Crippen LogP contribution is 2.19. The largest absolute Gasteiger partial charge is 0.395 e. The van der Waals surface area contributed by atoms with Gasteiger partial charge in [0, 0.05) is 6.54 Å². The third kappa shape index (κ3) is 4.28. The Morgan fingerprint density at radius 3 is 2.45 bits per heavy atom. The summed E-state index contributed by atoms with van der Waals surface area (Å²) in [6, 6.07) is 7.04. The van der Waals surface area contributed by atoms with Gasteiger partial charge in [0.25, 0.3) is 0 Å². The number of aliphatic hydroxyl groups is 1. The summed E-state index contributed by atoms with van der Waals surface area (Å²) < 4.78 is 26.1. The number of piperidine rings is 1. The maximum Gasteiger partial charge on any atom is 0.240 e. The lowest BCUT2D eigenvalue weighted by Gasteiger charge is -2.22. The van der Waals surface area contributed by atoms with Gasteiger partial charge in [0.15, 0.2) is 0 Å². The van der Waals surface area contributed by atoms with Crippen molar-refractivity contribution in [3.63, 3.8) is 0 Å². The van der Waals surface area contributed by atoms with Crippen molar-refractivity contribution in [1.29, 1.82) is 0 Å². The van der Waals surface area contributed by atoms with Gasteiger partial charge < -0.3 is 10.4 Å². The summed E-state index contributed by atoms with van der Waals surface area (Å²) in [7, 11) is -3.49. The highest BCUT2D eigenvalue weighted by molar-refractivity contribution is 7.89. The summed E-state index contributed by atoms with van der Waals surface area (Å²) in [5.74, 6) is 0.686. The molecule has 0 saturated carbocycles. The molecule has 1 heterocycles. The van der Waals surface area contributed by atoms with E-state index in [9.17, 15) is 8.42 Å². The molecule has 0 spiro atoms. The molecule has 2 rings (SSSR count). The molecule has 0 bridgehead atoms. The number of hydrogen-bond acceptors (Lipinski definition) is 4. The van der Waals surface area contributed by atoms with Gasteiger partial charge >= 0.3 is 0 Å². The van der Waals surface area contributed by atoms with Gasteiger partial charge in [0.05, 0.1) is 11.5 Å². The van der Waals surface area contributed by atoms with E-state index in [2.05, 4.69) is 10.0 Å². The molecule has 1 aromatic carbocycles. The Bertz CT molecular complexity index is 508. The molecule has 112 valence electrons. The quantitative estimate of drug-likeness (QED) is 0.714. The molecule has 20 heavy (non-hydrogen) atoms. The van der Waals surface area contributed by atoms with Gasteiger partial charge in [-0.05, 0) is 56.0 Å². The van der Waals surface area contributed by atoms with Crippen molar-refractivity contribution in [2.75, 3.05) is 26.2 Å². The van der Waals surface area contributed by atoms with Crippen LogP contribution in [0.15, 0.2) is 29.2 Å². The average molecular weight is 298 g/mol. The number of hydrogen-bond donors (Lipinski definition) is 3. The maximum atomic E-state index is 11.9. The summed E-state index contributed by atoms with van der Waals surface area (Å²) >= 11 is 0. The predicted molar refractivity (Wildman–Crippen MR) is 78.0 cm³/mol. The Morgan fingerprint density at radius 2 is 1.85 bits per heavy atom. The fraction of sp³-hybridized carbons (Fsp3) is 0.571. The molecule has 1 aliphatic heterocycles. The van der Waals surface area contributed by atoms with Gasteiger partial charge in [0.2, 0.25) is 10.0 Å². The first-order valence-corrected chi connectivity index (χ1v) is 8.50. The van der Waals surface area contributed by atoms with Gasteiger partial charge in [-0.3, -0.25) is 0 Å².